The van der Waals surface area contributed by atoms with Crippen molar-refractivity contribution in [1.29, 1.82) is 0 Å². The first-order chi connectivity index (χ1) is 6.75. The van der Waals surface area contributed by atoms with Crippen LogP contribution >= 0.6 is 11.3 Å². The smallest absolute Gasteiger partial charge is 0.148 e. The second-order valence-electron chi connectivity index (χ2n) is 3.48. The first-order valence-electron chi connectivity index (χ1n) is 4.60. The van der Waals surface area contributed by atoms with Crippen LogP contribution < -0.4 is 5.32 Å². The summed E-state index contributed by atoms with van der Waals surface area (Å²) in [6.07, 6.45) is 0. The highest BCUT2D eigenvalue weighted by Gasteiger charge is 2.03. The molecule has 14 heavy (non-hydrogen) atoms. The Morgan fingerprint density at radius 2 is 2.36 bits per heavy atom. The number of aromatic amines is 1. The molecule has 2 heterocycles. The Balaban J connectivity index is 2.18. The lowest BCUT2D eigenvalue weighted by Gasteiger charge is -2.04. The summed E-state index contributed by atoms with van der Waals surface area (Å²) in [4.78, 5) is 0. The highest BCUT2D eigenvalue weighted by Crippen LogP contribution is 2.22. The second-order valence-corrected chi connectivity index (χ2v) is 4.26. The number of hydrogen-bond acceptors (Lipinski definition) is 3. The van der Waals surface area contributed by atoms with E-state index in [0.717, 1.165) is 11.5 Å². The van der Waals surface area contributed by atoms with E-state index in [9.17, 15) is 0 Å². The number of anilines is 1. The van der Waals surface area contributed by atoms with E-state index in [1.54, 1.807) is 11.3 Å². The van der Waals surface area contributed by atoms with Crippen molar-refractivity contribution >= 4 is 17.2 Å². The Morgan fingerprint density at radius 3 is 3.00 bits per heavy atom. The molecular formula is C10H13N3S. The molecule has 74 valence electrons. The van der Waals surface area contributed by atoms with Crippen molar-refractivity contribution in [3.8, 4) is 11.3 Å². The normalized spacial score (nSPS) is 10.8. The quantitative estimate of drug-likeness (QED) is 0.812. The Labute approximate surface area is 87.2 Å². The molecule has 0 fully saturated rings. The fourth-order valence-corrected chi connectivity index (χ4v) is 1.91. The highest BCUT2D eigenvalue weighted by molar-refractivity contribution is 7.08. The molecule has 2 aromatic heterocycles. The third kappa shape index (κ3) is 1.96. The van der Waals surface area contributed by atoms with Crippen molar-refractivity contribution in [2.24, 2.45) is 0 Å². The van der Waals surface area contributed by atoms with Gasteiger partial charge < -0.3 is 5.32 Å². The van der Waals surface area contributed by atoms with Crippen molar-refractivity contribution in [3.05, 3.63) is 22.9 Å². The van der Waals surface area contributed by atoms with Crippen LogP contribution in [0.25, 0.3) is 11.3 Å². The molecule has 0 aliphatic heterocycles. The number of nitrogens with zero attached hydrogens (tertiary/aromatic N) is 1. The van der Waals surface area contributed by atoms with Gasteiger partial charge in [-0.3, -0.25) is 5.10 Å². The molecule has 0 aliphatic carbocycles. The number of thiophene rings is 1. The molecule has 0 radical (unpaired) electrons. The van der Waals surface area contributed by atoms with Gasteiger partial charge >= 0.3 is 0 Å². The highest BCUT2D eigenvalue weighted by atomic mass is 32.1. The van der Waals surface area contributed by atoms with Gasteiger partial charge in [0.25, 0.3) is 0 Å². The van der Waals surface area contributed by atoms with Gasteiger partial charge in [0.05, 0.1) is 5.69 Å². The van der Waals surface area contributed by atoms with Gasteiger partial charge in [0.2, 0.25) is 0 Å². The van der Waals surface area contributed by atoms with Crippen molar-refractivity contribution in [1.82, 2.24) is 10.2 Å². The number of aromatic nitrogens is 2. The first-order valence-corrected chi connectivity index (χ1v) is 5.54. The lowest BCUT2D eigenvalue weighted by molar-refractivity contribution is 0.884. The molecule has 2 aromatic rings. The molecule has 2 N–H and O–H groups in total. The van der Waals surface area contributed by atoms with Crippen LogP contribution in [0, 0.1) is 0 Å². The van der Waals surface area contributed by atoms with E-state index in [0.29, 0.717) is 6.04 Å². The second kappa shape index (κ2) is 3.84. The van der Waals surface area contributed by atoms with Gasteiger partial charge in [-0.05, 0) is 25.3 Å². The molecule has 0 saturated heterocycles. The lowest BCUT2D eigenvalue weighted by Crippen LogP contribution is -2.09. The minimum absolute atomic E-state index is 0.411. The van der Waals surface area contributed by atoms with E-state index in [2.05, 4.69) is 46.2 Å². The predicted molar refractivity (Wildman–Crippen MR) is 60.7 cm³/mol. The van der Waals surface area contributed by atoms with Crippen LogP contribution in [0.5, 0.6) is 0 Å². The van der Waals surface area contributed by atoms with E-state index in [1.165, 1.54) is 5.56 Å². The molecule has 0 unspecified atom stereocenters. The lowest BCUT2D eigenvalue weighted by atomic mass is 10.2. The Hall–Kier alpha value is -1.29. The minimum atomic E-state index is 0.411. The maximum atomic E-state index is 4.18. The van der Waals surface area contributed by atoms with Crippen molar-refractivity contribution in [2.75, 3.05) is 5.32 Å². The maximum Gasteiger partial charge on any atom is 0.148 e. The SMILES string of the molecule is CC(C)Nc1cc(-c2ccsc2)[nH]n1. The fourth-order valence-electron chi connectivity index (χ4n) is 1.26. The third-order valence-corrected chi connectivity index (χ3v) is 2.53. The van der Waals surface area contributed by atoms with Crippen LogP contribution in [-0.4, -0.2) is 16.2 Å². The standard InChI is InChI=1S/C10H13N3S/c1-7(2)11-10-5-9(12-13-10)8-3-4-14-6-8/h3-7H,1-2H3,(H2,11,12,13). The summed E-state index contributed by atoms with van der Waals surface area (Å²) in [7, 11) is 0. The van der Waals surface area contributed by atoms with Gasteiger partial charge in [-0.1, -0.05) is 0 Å². The average molecular weight is 207 g/mol. The van der Waals surface area contributed by atoms with E-state index < -0.39 is 0 Å². The van der Waals surface area contributed by atoms with E-state index in [4.69, 9.17) is 0 Å². The predicted octanol–water partition coefficient (Wildman–Crippen LogP) is 2.96. The summed E-state index contributed by atoms with van der Waals surface area (Å²) in [5, 5.41) is 14.6. The van der Waals surface area contributed by atoms with Crippen LogP contribution in [0.3, 0.4) is 0 Å². The zero-order valence-corrected chi connectivity index (χ0v) is 9.06. The molecule has 0 atom stereocenters. The summed E-state index contributed by atoms with van der Waals surface area (Å²) in [5.41, 5.74) is 2.26. The Kier molecular flexibility index (Phi) is 2.54. The van der Waals surface area contributed by atoms with Gasteiger partial charge in [-0.15, -0.1) is 0 Å². The van der Waals surface area contributed by atoms with Crippen molar-refractivity contribution in [2.45, 2.75) is 19.9 Å². The number of hydrogen-bond donors (Lipinski definition) is 2. The van der Waals surface area contributed by atoms with E-state index >= 15 is 0 Å². The monoisotopic (exact) mass is 207 g/mol. The van der Waals surface area contributed by atoms with Crippen molar-refractivity contribution < 1.29 is 0 Å². The van der Waals surface area contributed by atoms with Gasteiger partial charge in [0.1, 0.15) is 5.82 Å². The van der Waals surface area contributed by atoms with Crippen LogP contribution in [-0.2, 0) is 0 Å². The molecular weight excluding hydrogens is 194 g/mol. The fraction of sp³-hybridized carbons (Fsp3) is 0.300. The molecule has 0 spiro atoms. The van der Waals surface area contributed by atoms with Crippen LogP contribution in [0.2, 0.25) is 0 Å². The van der Waals surface area contributed by atoms with Gasteiger partial charge in [0, 0.05) is 23.1 Å². The maximum absolute atomic E-state index is 4.18. The zero-order valence-electron chi connectivity index (χ0n) is 8.24. The minimum Gasteiger partial charge on any atom is -0.366 e. The molecule has 0 saturated carbocycles. The van der Waals surface area contributed by atoms with E-state index in [1.807, 2.05) is 6.07 Å². The molecule has 4 heteroatoms. The molecule has 0 aromatic carbocycles. The molecule has 3 nitrogen and oxygen atoms in total. The van der Waals surface area contributed by atoms with Crippen LogP contribution in [0.1, 0.15) is 13.8 Å². The van der Waals surface area contributed by atoms with Gasteiger partial charge in [-0.25, -0.2) is 0 Å². The van der Waals surface area contributed by atoms with Gasteiger partial charge in [0.15, 0.2) is 0 Å². The van der Waals surface area contributed by atoms with Gasteiger partial charge in [-0.2, -0.15) is 16.4 Å². The molecule has 0 bridgehead atoms. The number of rotatable bonds is 3. The summed E-state index contributed by atoms with van der Waals surface area (Å²) in [6.45, 7) is 4.19. The summed E-state index contributed by atoms with van der Waals surface area (Å²) >= 11 is 1.69. The Bertz CT molecular complexity index is 389. The molecule has 0 amide bonds. The van der Waals surface area contributed by atoms with E-state index in [-0.39, 0.29) is 0 Å². The largest absolute Gasteiger partial charge is 0.366 e. The molecule has 2 rings (SSSR count). The number of H-pyrrole nitrogens is 1. The summed E-state index contributed by atoms with van der Waals surface area (Å²) in [5.74, 6) is 0.904. The number of nitrogens with one attached hydrogen (secondary N) is 2. The molecule has 0 aliphatic rings. The zero-order chi connectivity index (χ0) is 9.97. The Morgan fingerprint density at radius 1 is 1.50 bits per heavy atom. The van der Waals surface area contributed by atoms with Crippen LogP contribution in [0.15, 0.2) is 22.9 Å². The van der Waals surface area contributed by atoms with Crippen molar-refractivity contribution in [3.63, 3.8) is 0 Å². The summed E-state index contributed by atoms with van der Waals surface area (Å²) in [6, 6.07) is 4.52. The summed E-state index contributed by atoms with van der Waals surface area (Å²) < 4.78 is 0. The van der Waals surface area contributed by atoms with Crippen LogP contribution in [0.4, 0.5) is 5.82 Å². The first kappa shape index (κ1) is 9.27. The third-order valence-electron chi connectivity index (χ3n) is 1.85. The average Bonchev–Trinajstić information content (AvgIpc) is 2.69. The topological polar surface area (TPSA) is 40.7 Å².